The van der Waals surface area contributed by atoms with E-state index in [2.05, 4.69) is 44.3 Å². The Morgan fingerprint density at radius 1 is 1.50 bits per heavy atom. The lowest BCUT2D eigenvalue weighted by molar-refractivity contribution is 0.890. The molecule has 1 rings (SSSR count). The van der Waals surface area contributed by atoms with Crippen LogP contribution in [0, 0.1) is 0 Å². The van der Waals surface area contributed by atoms with Crippen LogP contribution in [0.1, 0.15) is 29.5 Å². The van der Waals surface area contributed by atoms with Gasteiger partial charge in [0.1, 0.15) is 0 Å². The number of allylic oxidation sites excluding steroid dienone is 2. The molecule has 0 amide bonds. The SMILES string of the molecule is C=C/C=C(\N=C)c1ccc(C(C)C)s1. The van der Waals surface area contributed by atoms with Crippen molar-refractivity contribution in [2.45, 2.75) is 19.8 Å². The van der Waals surface area contributed by atoms with E-state index in [1.165, 1.54) is 4.88 Å². The van der Waals surface area contributed by atoms with E-state index in [1.807, 2.05) is 6.08 Å². The van der Waals surface area contributed by atoms with Crippen molar-refractivity contribution < 1.29 is 0 Å². The first-order valence-corrected chi connectivity index (χ1v) is 5.40. The molecule has 0 radical (unpaired) electrons. The van der Waals surface area contributed by atoms with Gasteiger partial charge in [-0.05, 0) is 30.8 Å². The average Bonchev–Trinajstić information content (AvgIpc) is 2.63. The highest BCUT2D eigenvalue weighted by Gasteiger charge is 2.05. The van der Waals surface area contributed by atoms with Crippen molar-refractivity contribution in [3.63, 3.8) is 0 Å². The van der Waals surface area contributed by atoms with E-state index in [0.717, 1.165) is 10.6 Å². The van der Waals surface area contributed by atoms with Crippen LogP contribution in [0.25, 0.3) is 5.70 Å². The van der Waals surface area contributed by atoms with Gasteiger partial charge in [0.15, 0.2) is 0 Å². The molecule has 0 N–H and O–H groups in total. The predicted molar refractivity (Wildman–Crippen MR) is 66.1 cm³/mol. The third kappa shape index (κ3) is 2.42. The number of aliphatic imine (C=N–C) groups is 1. The molecule has 14 heavy (non-hydrogen) atoms. The molecule has 0 saturated carbocycles. The van der Waals surface area contributed by atoms with Crippen LogP contribution in [0.4, 0.5) is 0 Å². The maximum atomic E-state index is 3.97. The third-order valence-corrected chi connectivity index (χ3v) is 3.30. The van der Waals surface area contributed by atoms with Gasteiger partial charge in [-0.15, -0.1) is 11.3 Å². The highest BCUT2D eigenvalue weighted by atomic mass is 32.1. The van der Waals surface area contributed by atoms with Gasteiger partial charge in [0.2, 0.25) is 0 Å². The maximum Gasteiger partial charge on any atom is 0.0794 e. The lowest BCUT2D eigenvalue weighted by Crippen LogP contribution is -1.77. The second-order valence-electron chi connectivity index (χ2n) is 3.30. The Balaban J connectivity index is 3.00. The number of nitrogens with zero attached hydrogens (tertiary/aromatic N) is 1. The van der Waals surface area contributed by atoms with E-state index in [1.54, 1.807) is 17.4 Å². The summed E-state index contributed by atoms with van der Waals surface area (Å²) in [6.07, 6.45) is 3.61. The Kier molecular flexibility index (Phi) is 3.84. The molecule has 0 unspecified atom stereocenters. The van der Waals surface area contributed by atoms with Gasteiger partial charge < -0.3 is 0 Å². The third-order valence-electron chi connectivity index (χ3n) is 1.89. The lowest BCUT2D eigenvalue weighted by atomic mass is 10.2. The van der Waals surface area contributed by atoms with Crippen molar-refractivity contribution in [3.8, 4) is 0 Å². The van der Waals surface area contributed by atoms with Crippen LogP contribution in [0.15, 0.2) is 35.9 Å². The topological polar surface area (TPSA) is 12.4 Å². The normalized spacial score (nSPS) is 11.8. The molecule has 0 saturated heterocycles. The molecular weight excluding hydrogens is 190 g/mol. The average molecular weight is 205 g/mol. The maximum absolute atomic E-state index is 3.97. The van der Waals surface area contributed by atoms with E-state index < -0.39 is 0 Å². The number of rotatable bonds is 4. The number of hydrogen-bond donors (Lipinski definition) is 0. The van der Waals surface area contributed by atoms with E-state index in [-0.39, 0.29) is 0 Å². The smallest absolute Gasteiger partial charge is 0.0794 e. The van der Waals surface area contributed by atoms with Gasteiger partial charge >= 0.3 is 0 Å². The molecule has 0 atom stereocenters. The zero-order valence-electron chi connectivity index (χ0n) is 8.66. The first-order chi connectivity index (χ1) is 6.69. The molecule has 1 heterocycles. The van der Waals surface area contributed by atoms with Gasteiger partial charge in [0, 0.05) is 4.88 Å². The molecule has 0 aromatic carbocycles. The molecule has 0 spiro atoms. The van der Waals surface area contributed by atoms with Gasteiger partial charge in [-0.25, -0.2) is 0 Å². The van der Waals surface area contributed by atoms with Gasteiger partial charge in [0.25, 0.3) is 0 Å². The summed E-state index contributed by atoms with van der Waals surface area (Å²) in [7, 11) is 0. The van der Waals surface area contributed by atoms with Crippen LogP contribution in [-0.2, 0) is 0 Å². The molecule has 0 bridgehead atoms. The summed E-state index contributed by atoms with van der Waals surface area (Å²) in [5.41, 5.74) is 0.900. The second-order valence-corrected chi connectivity index (χ2v) is 4.42. The van der Waals surface area contributed by atoms with E-state index in [4.69, 9.17) is 0 Å². The highest BCUT2D eigenvalue weighted by Crippen LogP contribution is 2.29. The summed E-state index contributed by atoms with van der Waals surface area (Å²) in [6.45, 7) is 11.6. The zero-order chi connectivity index (χ0) is 10.6. The second kappa shape index (κ2) is 4.91. The number of thiophene rings is 1. The van der Waals surface area contributed by atoms with E-state index >= 15 is 0 Å². The standard InChI is InChI=1S/C12H15NS/c1-5-6-10(13-4)12-8-7-11(14-12)9(2)3/h5-9H,1,4H2,2-3H3/b10-6-. The minimum absolute atomic E-state index is 0.573. The highest BCUT2D eigenvalue weighted by molar-refractivity contribution is 7.13. The fourth-order valence-corrected chi connectivity index (χ4v) is 2.12. The van der Waals surface area contributed by atoms with Crippen LogP contribution in [0.3, 0.4) is 0 Å². The lowest BCUT2D eigenvalue weighted by Gasteiger charge is -1.98. The zero-order valence-corrected chi connectivity index (χ0v) is 9.47. The minimum Gasteiger partial charge on any atom is -0.263 e. The largest absolute Gasteiger partial charge is 0.263 e. The summed E-state index contributed by atoms with van der Waals surface area (Å²) in [5.74, 6) is 0.573. The molecule has 1 nitrogen and oxygen atoms in total. The quantitative estimate of drug-likeness (QED) is 0.518. The summed E-state index contributed by atoms with van der Waals surface area (Å²) in [4.78, 5) is 6.50. The monoisotopic (exact) mass is 205 g/mol. The van der Waals surface area contributed by atoms with Crippen LogP contribution < -0.4 is 0 Å². The molecule has 1 aromatic heterocycles. The molecule has 74 valence electrons. The van der Waals surface area contributed by atoms with Crippen molar-refractivity contribution in [2.24, 2.45) is 4.99 Å². The number of hydrogen-bond acceptors (Lipinski definition) is 2. The first kappa shape index (κ1) is 10.9. The Hall–Kier alpha value is -1.15. The fraction of sp³-hybridized carbons (Fsp3) is 0.250. The first-order valence-electron chi connectivity index (χ1n) is 4.58. The van der Waals surface area contributed by atoms with Crippen LogP contribution in [-0.4, -0.2) is 6.72 Å². The van der Waals surface area contributed by atoms with E-state index in [0.29, 0.717) is 5.92 Å². The summed E-state index contributed by atoms with van der Waals surface area (Å²) in [6, 6.07) is 4.23. The van der Waals surface area contributed by atoms with Crippen molar-refractivity contribution in [1.82, 2.24) is 0 Å². The van der Waals surface area contributed by atoms with Crippen molar-refractivity contribution >= 4 is 23.8 Å². The molecular formula is C12H15NS. The van der Waals surface area contributed by atoms with Crippen molar-refractivity contribution in [1.29, 1.82) is 0 Å². The molecule has 0 fully saturated rings. The van der Waals surface area contributed by atoms with Crippen LogP contribution in [0.2, 0.25) is 0 Å². The molecule has 2 heteroatoms. The summed E-state index contributed by atoms with van der Waals surface area (Å²) >= 11 is 1.76. The molecule has 0 aliphatic heterocycles. The van der Waals surface area contributed by atoms with Gasteiger partial charge in [-0.3, -0.25) is 4.99 Å². The fourth-order valence-electron chi connectivity index (χ4n) is 1.13. The molecule has 1 aromatic rings. The van der Waals surface area contributed by atoms with Crippen molar-refractivity contribution in [2.75, 3.05) is 0 Å². The summed E-state index contributed by atoms with van der Waals surface area (Å²) < 4.78 is 0. The molecule has 0 aliphatic rings. The van der Waals surface area contributed by atoms with Crippen LogP contribution in [0.5, 0.6) is 0 Å². The Labute approximate surface area is 89.5 Å². The molecule has 0 aliphatic carbocycles. The predicted octanol–water partition coefficient (Wildman–Crippen LogP) is 4.10. The van der Waals surface area contributed by atoms with Crippen molar-refractivity contribution in [3.05, 3.63) is 40.6 Å². The van der Waals surface area contributed by atoms with Crippen LogP contribution >= 0.6 is 11.3 Å². The van der Waals surface area contributed by atoms with Gasteiger partial charge in [-0.1, -0.05) is 26.5 Å². The Morgan fingerprint density at radius 2 is 2.21 bits per heavy atom. The minimum atomic E-state index is 0.573. The van der Waals surface area contributed by atoms with Gasteiger partial charge in [-0.2, -0.15) is 0 Å². The summed E-state index contributed by atoms with van der Waals surface area (Å²) in [5, 5.41) is 0. The Morgan fingerprint density at radius 3 is 2.64 bits per heavy atom. The van der Waals surface area contributed by atoms with E-state index in [9.17, 15) is 0 Å². The van der Waals surface area contributed by atoms with Gasteiger partial charge in [0.05, 0.1) is 10.6 Å². The Bertz CT molecular complexity index is 358.